The summed E-state index contributed by atoms with van der Waals surface area (Å²) < 4.78 is 5.68. The second-order valence-electron chi connectivity index (χ2n) is 5.23. The second-order valence-corrected chi connectivity index (χ2v) is 5.67. The zero-order valence-electron chi connectivity index (χ0n) is 12.1. The van der Waals surface area contributed by atoms with Crippen LogP contribution in [0.15, 0.2) is 22.6 Å². The topological polar surface area (TPSA) is 51.0 Å². The predicted octanol–water partition coefficient (Wildman–Crippen LogP) is 3.63. The fourth-order valence-electron chi connectivity index (χ4n) is 1.96. The van der Waals surface area contributed by atoms with Crippen LogP contribution in [0.2, 0.25) is 5.02 Å². The maximum atomic E-state index is 6.04. The van der Waals surface area contributed by atoms with E-state index in [1.165, 1.54) is 0 Å². The van der Waals surface area contributed by atoms with Crippen molar-refractivity contribution in [3.63, 3.8) is 0 Å². The average Bonchev–Trinajstić information content (AvgIpc) is 2.82. The Balaban J connectivity index is 1.98. The minimum atomic E-state index is 0.502. The van der Waals surface area contributed by atoms with Crippen LogP contribution in [0.25, 0.3) is 11.5 Å². The molecular formula is C15H20ClN3O. The summed E-state index contributed by atoms with van der Waals surface area (Å²) in [6.07, 6.45) is 1.76. The number of aryl methyl sites for hydroxylation is 2. The van der Waals surface area contributed by atoms with Crippen LogP contribution in [0.1, 0.15) is 31.7 Å². The van der Waals surface area contributed by atoms with Crippen molar-refractivity contribution in [2.24, 2.45) is 0 Å². The van der Waals surface area contributed by atoms with Gasteiger partial charge in [-0.25, -0.2) is 0 Å². The maximum absolute atomic E-state index is 6.04. The molecular weight excluding hydrogens is 274 g/mol. The van der Waals surface area contributed by atoms with Gasteiger partial charge in [-0.1, -0.05) is 25.4 Å². The summed E-state index contributed by atoms with van der Waals surface area (Å²) in [4.78, 5) is 0. The van der Waals surface area contributed by atoms with E-state index in [4.69, 9.17) is 16.0 Å². The number of rotatable bonds is 6. The van der Waals surface area contributed by atoms with Crippen LogP contribution in [0.4, 0.5) is 0 Å². The molecule has 1 aromatic carbocycles. The third kappa shape index (κ3) is 4.32. The van der Waals surface area contributed by atoms with E-state index in [0.717, 1.165) is 30.5 Å². The van der Waals surface area contributed by atoms with Gasteiger partial charge in [0.25, 0.3) is 0 Å². The first kappa shape index (κ1) is 15.0. The molecule has 4 nitrogen and oxygen atoms in total. The molecule has 0 amide bonds. The highest BCUT2D eigenvalue weighted by molar-refractivity contribution is 6.30. The molecule has 0 aliphatic rings. The van der Waals surface area contributed by atoms with Gasteiger partial charge in [-0.15, -0.1) is 10.2 Å². The Morgan fingerprint density at radius 2 is 2.05 bits per heavy atom. The standard InChI is InChI=1S/C15H20ClN3O/c1-10(2)17-6-4-5-14-18-19-15(20-14)12-7-11(3)8-13(16)9-12/h7-10,17H,4-6H2,1-3H3. The molecule has 0 fully saturated rings. The molecule has 5 heteroatoms. The molecule has 1 heterocycles. The number of aromatic nitrogens is 2. The summed E-state index contributed by atoms with van der Waals surface area (Å²) in [6, 6.07) is 6.23. The van der Waals surface area contributed by atoms with Gasteiger partial charge in [0.05, 0.1) is 0 Å². The molecule has 0 bridgehead atoms. The molecule has 2 rings (SSSR count). The van der Waals surface area contributed by atoms with Gasteiger partial charge in [-0.3, -0.25) is 0 Å². The van der Waals surface area contributed by atoms with E-state index < -0.39 is 0 Å². The Bertz CT molecular complexity index is 546. The van der Waals surface area contributed by atoms with E-state index in [1.807, 2.05) is 25.1 Å². The van der Waals surface area contributed by atoms with Gasteiger partial charge in [-0.05, 0) is 43.7 Å². The van der Waals surface area contributed by atoms with Gasteiger partial charge >= 0.3 is 0 Å². The van der Waals surface area contributed by atoms with Gasteiger partial charge in [0.2, 0.25) is 11.8 Å². The zero-order valence-corrected chi connectivity index (χ0v) is 12.9. The van der Waals surface area contributed by atoms with E-state index in [2.05, 4.69) is 29.4 Å². The van der Waals surface area contributed by atoms with Crippen LogP contribution in [0.3, 0.4) is 0 Å². The monoisotopic (exact) mass is 293 g/mol. The van der Waals surface area contributed by atoms with Crippen molar-refractivity contribution in [3.8, 4) is 11.5 Å². The van der Waals surface area contributed by atoms with E-state index in [1.54, 1.807) is 0 Å². The Hall–Kier alpha value is -1.39. The van der Waals surface area contributed by atoms with Gasteiger partial charge in [0.1, 0.15) is 0 Å². The number of hydrogen-bond acceptors (Lipinski definition) is 4. The Morgan fingerprint density at radius 3 is 2.75 bits per heavy atom. The number of nitrogens with zero attached hydrogens (tertiary/aromatic N) is 2. The molecule has 0 radical (unpaired) electrons. The fourth-order valence-corrected chi connectivity index (χ4v) is 2.25. The summed E-state index contributed by atoms with van der Waals surface area (Å²) in [7, 11) is 0. The first-order valence-corrected chi connectivity index (χ1v) is 7.25. The minimum Gasteiger partial charge on any atom is -0.421 e. The van der Waals surface area contributed by atoms with Crippen LogP contribution >= 0.6 is 11.6 Å². The van der Waals surface area contributed by atoms with E-state index in [9.17, 15) is 0 Å². The quantitative estimate of drug-likeness (QED) is 0.826. The van der Waals surface area contributed by atoms with Crippen molar-refractivity contribution in [1.82, 2.24) is 15.5 Å². The summed E-state index contributed by atoms with van der Waals surface area (Å²) in [5.74, 6) is 1.20. The van der Waals surface area contributed by atoms with Crippen molar-refractivity contribution in [1.29, 1.82) is 0 Å². The largest absolute Gasteiger partial charge is 0.421 e. The van der Waals surface area contributed by atoms with Gasteiger partial charge in [-0.2, -0.15) is 0 Å². The molecule has 1 N–H and O–H groups in total. The van der Waals surface area contributed by atoms with Crippen molar-refractivity contribution in [3.05, 3.63) is 34.7 Å². The Morgan fingerprint density at radius 1 is 1.25 bits per heavy atom. The van der Waals surface area contributed by atoms with Crippen LogP contribution in [-0.4, -0.2) is 22.8 Å². The number of hydrogen-bond donors (Lipinski definition) is 1. The summed E-state index contributed by atoms with van der Waals surface area (Å²) in [5.41, 5.74) is 1.95. The molecule has 2 aromatic rings. The number of halogens is 1. The SMILES string of the molecule is Cc1cc(Cl)cc(-c2nnc(CCCNC(C)C)o2)c1. The molecule has 0 saturated carbocycles. The average molecular weight is 294 g/mol. The lowest BCUT2D eigenvalue weighted by atomic mass is 10.1. The number of nitrogens with one attached hydrogen (secondary N) is 1. The van der Waals surface area contributed by atoms with Gasteiger partial charge in [0, 0.05) is 23.0 Å². The zero-order chi connectivity index (χ0) is 14.5. The van der Waals surface area contributed by atoms with Crippen molar-refractivity contribution >= 4 is 11.6 Å². The highest BCUT2D eigenvalue weighted by Gasteiger charge is 2.09. The van der Waals surface area contributed by atoms with Crippen LogP contribution in [-0.2, 0) is 6.42 Å². The highest BCUT2D eigenvalue weighted by Crippen LogP contribution is 2.23. The van der Waals surface area contributed by atoms with Gasteiger partial charge < -0.3 is 9.73 Å². The van der Waals surface area contributed by atoms with Gasteiger partial charge in [0.15, 0.2) is 0 Å². The van der Waals surface area contributed by atoms with E-state index >= 15 is 0 Å². The predicted molar refractivity (Wildman–Crippen MR) is 80.9 cm³/mol. The van der Waals surface area contributed by atoms with Crippen LogP contribution < -0.4 is 5.32 Å². The lowest BCUT2D eigenvalue weighted by Gasteiger charge is -2.05. The highest BCUT2D eigenvalue weighted by atomic mass is 35.5. The lowest BCUT2D eigenvalue weighted by Crippen LogP contribution is -2.23. The third-order valence-electron chi connectivity index (χ3n) is 2.88. The van der Waals surface area contributed by atoms with Crippen molar-refractivity contribution in [2.75, 3.05) is 6.54 Å². The van der Waals surface area contributed by atoms with Crippen molar-refractivity contribution < 1.29 is 4.42 Å². The maximum Gasteiger partial charge on any atom is 0.247 e. The molecule has 20 heavy (non-hydrogen) atoms. The molecule has 1 aromatic heterocycles. The fraction of sp³-hybridized carbons (Fsp3) is 0.467. The molecule has 0 aliphatic heterocycles. The second kappa shape index (κ2) is 6.86. The van der Waals surface area contributed by atoms with Crippen LogP contribution in [0.5, 0.6) is 0 Å². The summed E-state index contributed by atoms with van der Waals surface area (Å²) in [5, 5.41) is 12.2. The molecule has 108 valence electrons. The van der Waals surface area contributed by atoms with Crippen LogP contribution in [0, 0.1) is 6.92 Å². The molecule has 0 saturated heterocycles. The summed E-state index contributed by atoms with van der Waals surface area (Å²) >= 11 is 6.04. The molecule has 0 aliphatic carbocycles. The first-order valence-electron chi connectivity index (χ1n) is 6.88. The summed E-state index contributed by atoms with van der Waals surface area (Å²) in [6.45, 7) is 7.20. The Kier molecular flexibility index (Phi) is 5.15. The van der Waals surface area contributed by atoms with E-state index in [0.29, 0.717) is 22.8 Å². The Labute approximate surface area is 124 Å². The number of benzene rings is 1. The lowest BCUT2D eigenvalue weighted by molar-refractivity contribution is 0.484. The normalized spacial score (nSPS) is 11.2. The minimum absolute atomic E-state index is 0.502. The van der Waals surface area contributed by atoms with E-state index in [-0.39, 0.29) is 0 Å². The third-order valence-corrected chi connectivity index (χ3v) is 3.09. The smallest absolute Gasteiger partial charge is 0.247 e. The molecule has 0 unspecified atom stereocenters. The molecule has 0 spiro atoms. The first-order chi connectivity index (χ1) is 9.54. The molecule has 0 atom stereocenters. The van der Waals surface area contributed by atoms with Crippen molar-refractivity contribution in [2.45, 2.75) is 39.7 Å².